The fourth-order valence-electron chi connectivity index (χ4n) is 2.80. The van der Waals surface area contributed by atoms with Crippen LogP contribution in [0.3, 0.4) is 0 Å². The van der Waals surface area contributed by atoms with Gasteiger partial charge in [0.2, 0.25) is 5.91 Å². The molecule has 7 nitrogen and oxygen atoms in total. The first-order chi connectivity index (χ1) is 9.92. The van der Waals surface area contributed by atoms with E-state index in [9.17, 15) is 4.79 Å². The number of aromatic nitrogens is 2. The Kier molecular flexibility index (Phi) is 4.97. The zero-order chi connectivity index (χ0) is 15.6. The number of hydrogen-bond donors (Lipinski definition) is 2. The molecule has 1 aromatic heterocycles. The Morgan fingerprint density at radius 2 is 2.10 bits per heavy atom. The highest BCUT2D eigenvalue weighted by Gasteiger charge is 2.26. The molecule has 21 heavy (non-hydrogen) atoms. The molecule has 1 aromatic rings. The zero-order valence-corrected chi connectivity index (χ0v) is 13.4. The van der Waals surface area contributed by atoms with Crippen LogP contribution < -0.4 is 11.1 Å². The van der Waals surface area contributed by atoms with E-state index in [-0.39, 0.29) is 11.9 Å². The lowest BCUT2D eigenvalue weighted by molar-refractivity contribution is -0.118. The number of piperazine rings is 1. The number of amides is 1. The number of aryl methyl sites for hydroxylation is 2. The van der Waals surface area contributed by atoms with Crippen molar-refractivity contribution in [1.29, 1.82) is 0 Å². The average molecular weight is 294 g/mol. The Balaban J connectivity index is 1.98. The molecule has 0 bridgehead atoms. The smallest absolute Gasteiger partial charge is 0.238 e. The van der Waals surface area contributed by atoms with Gasteiger partial charge in [-0.3, -0.25) is 14.4 Å². The van der Waals surface area contributed by atoms with Gasteiger partial charge in [-0.2, -0.15) is 5.10 Å². The maximum atomic E-state index is 12.3. The molecule has 0 aromatic carbocycles. The molecule has 0 saturated carbocycles. The summed E-state index contributed by atoms with van der Waals surface area (Å²) in [5, 5.41) is 7.30. The highest BCUT2D eigenvalue weighted by Crippen LogP contribution is 2.18. The third-order valence-electron chi connectivity index (χ3n) is 4.20. The highest BCUT2D eigenvalue weighted by atomic mass is 16.2. The summed E-state index contributed by atoms with van der Waals surface area (Å²) in [6.45, 7) is 7.56. The lowest BCUT2D eigenvalue weighted by atomic mass is 10.1. The van der Waals surface area contributed by atoms with E-state index in [0.717, 1.165) is 36.7 Å². The van der Waals surface area contributed by atoms with Crippen molar-refractivity contribution in [3.63, 3.8) is 0 Å². The topological polar surface area (TPSA) is 79.4 Å². The quantitative estimate of drug-likeness (QED) is 0.786. The predicted octanol–water partition coefficient (Wildman–Crippen LogP) is -0.450. The van der Waals surface area contributed by atoms with E-state index >= 15 is 0 Å². The molecule has 0 aliphatic carbocycles. The Bertz CT molecular complexity index is 512. The molecule has 0 radical (unpaired) electrons. The van der Waals surface area contributed by atoms with Gasteiger partial charge in [0.15, 0.2) is 0 Å². The van der Waals surface area contributed by atoms with Gasteiger partial charge >= 0.3 is 0 Å². The number of carbonyl (C=O) groups excluding carboxylic acids is 1. The molecule has 1 fully saturated rings. The van der Waals surface area contributed by atoms with Crippen molar-refractivity contribution in [3.05, 3.63) is 11.4 Å². The second-order valence-corrected chi connectivity index (χ2v) is 5.84. The highest BCUT2D eigenvalue weighted by molar-refractivity contribution is 5.93. The number of rotatable bonds is 4. The number of nitrogens with one attached hydrogen (secondary N) is 1. The Labute approximate surface area is 126 Å². The van der Waals surface area contributed by atoms with Crippen LogP contribution in [0.25, 0.3) is 0 Å². The third kappa shape index (κ3) is 3.61. The van der Waals surface area contributed by atoms with Crippen molar-refractivity contribution in [1.82, 2.24) is 19.6 Å². The van der Waals surface area contributed by atoms with Crippen LogP contribution in [0.15, 0.2) is 0 Å². The van der Waals surface area contributed by atoms with Crippen molar-refractivity contribution < 1.29 is 4.79 Å². The standard InChI is InChI=1S/C14H26N6O/c1-10-14(11(2)19(4)17-10)16-13(21)9-20-6-5-18(3)8-12(20)7-15/h12H,5-9,15H2,1-4H3,(H,16,21). The van der Waals surface area contributed by atoms with E-state index in [0.29, 0.717) is 13.1 Å². The van der Waals surface area contributed by atoms with Crippen LogP contribution >= 0.6 is 0 Å². The first-order valence-electron chi connectivity index (χ1n) is 7.35. The average Bonchev–Trinajstić information content (AvgIpc) is 2.67. The molecule has 1 saturated heterocycles. The van der Waals surface area contributed by atoms with Crippen molar-refractivity contribution in [2.75, 3.05) is 45.1 Å². The first-order valence-corrected chi connectivity index (χ1v) is 7.35. The molecular weight excluding hydrogens is 268 g/mol. The molecule has 3 N–H and O–H groups in total. The molecule has 1 atom stereocenters. The number of likely N-dealkylation sites (N-methyl/N-ethyl adjacent to an activating group) is 1. The molecule has 1 aliphatic heterocycles. The van der Waals surface area contributed by atoms with Gasteiger partial charge in [0.1, 0.15) is 0 Å². The normalized spacial score (nSPS) is 20.7. The van der Waals surface area contributed by atoms with Crippen molar-refractivity contribution in [3.8, 4) is 0 Å². The fraction of sp³-hybridized carbons (Fsp3) is 0.714. The summed E-state index contributed by atoms with van der Waals surface area (Å²) in [5.41, 5.74) is 8.45. The summed E-state index contributed by atoms with van der Waals surface area (Å²) in [5.74, 6) is -0.00259. The second-order valence-electron chi connectivity index (χ2n) is 5.84. The predicted molar refractivity (Wildman–Crippen MR) is 83.2 cm³/mol. The molecular formula is C14H26N6O. The van der Waals surface area contributed by atoms with Crippen LogP contribution in [0.5, 0.6) is 0 Å². The van der Waals surface area contributed by atoms with Crippen LogP contribution in [-0.2, 0) is 11.8 Å². The van der Waals surface area contributed by atoms with Crippen molar-refractivity contribution >= 4 is 11.6 Å². The SMILES string of the molecule is Cc1nn(C)c(C)c1NC(=O)CN1CCN(C)CC1CN. The van der Waals surface area contributed by atoms with E-state index in [1.807, 2.05) is 20.9 Å². The van der Waals surface area contributed by atoms with Gasteiger partial charge in [-0.25, -0.2) is 0 Å². The van der Waals surface area contributed by atoms with Gasteiger partial charge in [-0.15, -0.1) is 0 Å². The van der Waals surface area contributed by atoms with Gasteiger partial charge in [0.25, 0.3) is 0 Å². The summed E-state index contributed by atoms with van der Waals surface area (Å²) in [6.07, 6.45) is 0. The third-order valence-corrected chi connectivity index (χ3v) is 4.20. The molecule has 0 spiro atoms. The molecule has 118 valence electrons. The molecule has 1 unspecified atom stereocenters. The molecule has 1 amide bonds. The summed E-state index contributed by atoms with van der Waals surface area (Å²) in [7, 11) is 3.96. The summed E-state index contributed by atoms with van der Waals surface area (Å²) >= 11 is 0. The molecule has 7 heteroatoms. The maximum absolute atomic E-state index is 12.3. The maximum Gasteiger partial charge on any atom is 0.238 e. The largest absolute Gasteiger partial charge is 0.329 e. The zero-order valence-electron chi connectivity index (χ0n) is 13.4. The monoisotopic (exact) mass is 294 g/mol. The van der Waals surface area contributed by atoms with Crippen LogP contribution in [0.1, 0.15) is 11.4 Å². The summed E-state index contributed by atoms with van der Waals surface area (Å²) < 4.78 is 1.78. The van der Waals surface area contributed by atoms with E-state index in [2.05, 4.69) is 27.3 Å². The fourth-order valence-corrected chi connectivity index (χ4v) is 2.80. The van der Waals surface area contributed by atoms with Gasteiger partial charge in [-0.1, -0.05) is 0 Å². The molecule has 2 rings (SSSR count). The number of carbonyl (C=O) groups is 1. The number of hydrogen-bond acceptors (Lipinski definition) is 5. The van der Waals surface area contributed by atoms with Crippen molar-refractivity contribution in [2.24, 2.45) is 12.8 Å². The van der Waals surface area contributed by atoms with Gasteiger partial charge in [-0.05, 0) is 20.9 Å². The summed E-state index contributed by atoms with van der Waals surface area (Å²) in [6, 6.07) is 0.241. The van der Waals surface area contributed by atoms with Crippen LogP contribution in [0.4, 0.5) is 5.69 Å². The number of nitrogens with zero attached hydrogens (tertiary/aromatic N) is 4. The summed E-state index contributed by atoms with van der Waals surface area (Å²) in [4.78, 5) is 16.7. The second kappa shape index (κ2) is 6.55. The van der Waals surface area contributed by atoms with E-state index in [1.54, 1.807) is 4.68 Å². The van der Waals surface area contributed by atoms with Crippen molar-refractivity contribution in [2.45, 2.75) is 19.9 Å². The van der Waals surface area contributed by atoms with E-state index in [1.165, 1.54) is 0 Å². The lowest BCUT2D eigenvalue weighted by Crippen LogP contribution is -2.56. The van der Waals surface area contributed by atoms with E-state index < -0.39 is 0 Å². The number of anilines is 1. The molecule has 2 heterocycles. The van der Waals surface area contributed by atoms with Gasteiger partial charge < -0.3 is 16.0 Å². The lowest BCUT2D eigenvalue weighted by Gasteiger charge is -2.39. The van der Waals surface area contributed by atoms with Crippen LogP contribution in [0.2, 0.25) is 0 Å². The Morgan fingerprint density at radius 1 is 1.38 bits per heavy atom. The van der Waals surface area contributed by atoms with Gasteiger partial charge in [0.05, 0.1) is 23.6 Å². The van der Waals surface area contributed by atoms with Crippen LogP contribution in [-0.4, -0.2) is 71.3 Å². The first kappa shape index (κ1) is 15.9. The van der Waals surface area contributed by atoms with E-state index in [4.69, 9.17) is 5.73 Å². The van der Waals surface area contributed by atoms with Gasteiger partial charge in [0, 0.05) is 39.3 Å². The minimum Gasteiger partial charge on any atom is -0.329 e. The Hall–Kier alpha value is -1.44. The number of nitrogens with two attached hydrogens (primary N) is 1. The minimum absolute atomic E-state index is 0.00259. The molecule has 1 aliphatic rings. The van der Waals surface area contributed by atoms with Crippen LogP contribution in [0, 0.1) is 13.8 Å². The minimum atomic E-state index is -0.00259. The Morgan fingerprint density at radius 3 is 2.67 bits per heavy atom.